The van der Waals surface area contributed by atoms with Crippen LogP contribution in [0.15, 0.2) is 292 Å². The van der Waals surface area contributed by atoms with E-state index in [9.17, 15) is 40.2 Å². The number of H-pyrrole nitrogens is 8. The van der Waals surface area contributed by atoms with Gasteiger partial charge in [0.15, 0.2) is 81.5 Å². The number of aliphatic hydroxyl groups is 2. The number of aromatic amines is 8. The first kappa shape index (κ1) is 92.5. The molecule has 0 spiro atoms. The van der Waals surface area contributed by atoms with Crippen LogP contribution in [-0.4, -0.2) is 130 Å². The molecule has 24 rings (SSSR count). The van der Waals surface area contributed by atoms with E-state index < -0.39 is 47.3 Å². The molecule has 26 nitrogen and oxygen atoms in total. The van der Waals surface area contributed by atoms with Gasteiger partial charge in [-0.2, -0.15) is 0 Å². The van der Waals surface area contributed by atoms with Crippen LogP contribution in [0.25, 0.3) is 180 Å². The maximum absolute atomic E-state index is 14.0. The second kappa shape index (κ2) is 41.8. The lowest BCUT2D eigenvalue weighted by Gasteiger charge is -2.00. The van der Waals surface area contributed by atoms with Gasteiger partial charge >= 0.3 is 0 Å². The summed E-state index contributed by atoms with van der Waals surface area (Å²) in [5, 5.41) is 19.3. The van der Waals surface area contributed by atoms with Gasteiger partial charge in [0.25, 0.3) is 0 Å². The lowest BCUT2D eigenvalue weighted by Crippen LogP contribution is -1.96. The van der Waals surface area contributed by atoms with Gasteiger partial charge in [0.1, 0.15) is 68.2 Å². The molecule has 0 fully saturated rings. The SMILES string of the molecule is Cc1cc2nc(-c3ccccn3)[nH]c2cc1C.Cc1ccc2[nH]c(-c3ccccn3)nc2c1C.Clc1ccc2nc(-c3ccccn3)[nH]c2c1.Fc1cc2[nH]c(-c3ccccn3)nc2c(F)c1F.Fc1cc2nc(-c3ccccn3)[nH]c2cc1F.Fc1ccc2nc(-c3ccccn3)[nH]c2c1.OCc1c(F)cc2[nH]c(-c3ccccn3)nc2c1F.OCc1cc2[nH]c(-c3ccccn3)nc2cc1Cl. The average molecular weight is 1890 g/mol. The summed E-state index contributed by atoms with van der Waals surface area (Å²) in [6, 6.07) is 70.4. The van der Waals surface area contributed by atoms with Crippen LogP contribution >= 0.6 is 23.2 Å². The standard InChI is InChI=1S/2C14H13N3.C13H10ClN3O.C13H9F2N3O.C12H8ClN3.C12H6F3N3.C12H7F2N3.C12H8FN3/c1-9-6-7-11-13(10(9)2)17-14(16-11)12-5-3-4-8-15-12;1-9-7-12-13(8-10(9)2)17-14(16-12)11-5-3-4-6-15-11;14-9-6-12-11(5-8(9)7-18)16-13(17-12)10-3-1-2-4-15-10;14-8-5-10-12(11(15)7(8)6-19)18-13(17-10)9-3-1-2-4-16-9;13-8-4-5-9-11(7-8)16-12(15-9)10-3-1-2-6-14-10;13-6-5-8-11(10(15)9(6)14)18-12(17-8)7-3-1-2-4-16-7;13-7-5-10-11(6-8(7)14)17-12(16-10)9-3-1-2-4-15-9;13-8-4-5-9-11(7-8)16-12(15-9)10-3-1-2-6-14-10/h2*3-8H,1-2H3,(H,16,17);1-6,18H,7H2,(H,16,17);1-5,19H,6H2,(H,17,18);1-7H,(H,15,16);1-5H,(H,17,18);1-6H,(H,16,17);1-7H,(H,15,16). The number of halogens is 10. The van der Waals surface area contributed by atoms with Crippen molar-refractivity contribution in [2.75, 3.05) is 0 Å². The molecule has 138 heavy (non-hydrogen) atoms. The van der Waals surface area contributed by atoms with E-state index in [0.29, 0.717) is 72.5 Å². The van der Waals surface area contributed by atoms with E-state index in [1.54, 1.807) is 116 Å². The van der Waals surface area contributed by atoms with E-state index in [4.69, 9.17) is 28.3 Å². The Balaban J connectivity index is 0.000000109. The Labute approximate surface area is 787 Å². The normalized spacial score (nSPS) is 11.0. The van der Waals surface area contributed by atoms with Crippen LogP contribution in [-0.2, 0) is 13.2 Å². The van der Waals surface area contributed by atoms with Crippen molar-refractivity contribution >= 4 is 111 Å². The molecule has 0 saturated heterocycles. The molecule has 0 aliphatic carbocycles. The fourth-order valence-electron chi connectivity index (χ4n) is 14.1. The molecule has 0 aliphatic heterocycles. The highest BCUT2D eigenvalue weighted by Crippen LogP contribution is 2.33. The molecule has 10 N–H and O–H groups in total. The summed E-state index contributed by atoms with van der Waals surface area (Å²) in [7, 11) is 0. The maximum Gasteiger partial charge on any atom is 0.196 e. The predicted molar refractivity (Wildman–Crippen MR) is 515 cm³/mol. The van der Waals surface area contributed by atoms with Crippen molar-refractivity contribution in [1.82, 2.24) is 120 Å². The highest BCUT2D eigenvalue weighted by Gasteiger charge is 2.22. The number of benzene rings is 8. The zero-order valence-corrected chi connectivity index (χ0v) is 74.5. The van der Waals surface area contributed by atoms with Crippen LogP contribution < -0.4 is 0 Å². The van der Waals surface area contributed by atoms with Crippen LogP contribution in [0.3, 0.4) is 0 Å². The smallest absolute Gasteiger partial charge is 0.196 e. The van der Waals surface area contributed by atoms with Gasteiger partial charge in [0.05, 0.1) is 96.0 Å². The Kier molecular flexibility index (Phi) is 28.1. The van der Waals surface area contributed by atoms with Gasteiger partial charge in [-0.1, -0.05) is 77.8 Å². The summed E-state index contributed by atoms with van der Waals surface area (Å²) in [6.45, 7) is 7.61. The van der Waals surface area contributed by atoms with Crippen LogP contribution in [0.1, 0.15) is 33.4 Å². The molecule has 684 valence electrons. The van der Waals surface area contributed by atoms with Gasteiger partial charge in [0, 0.05) is 83.9 Å². The highest BCUT2D eigenvalue weighted by molar-refractivity contribution is 6.32. The topological polar surface area (TPSA) is 373 Å². The second-order valence-corrected chi connectivity index (χ2v) is 31.4. The zero-order chi connectivity index (χ0) is 96.0. The van der Waals surface area contributed by atoms with Crippen LogP contribution in [0.4, 0.5) is 35.1 Å². The third kappa shape index (κ3) is 21.3. The number of hydrogen-bond acceptors (Lipinski definition) is 18. The molecule has 24 aromatic rings. The molecule has 0 amide bonds. The summed E-state index contributed by atoms with van der Waals surface area (Å²) in [6.07, 6.45) is 13.5. The predicted octanol–water partition coefficient (Wildman–Crippen LogP) is 23.6. The average Bonchev–Trinajstić information content (AvgIpc) is 1.64. The van der Waals surface area contributed by atoms with Crippen molar-refractivity contribution < 1.29 is 45.3 Å². The van der Waals surface area contributed by atoms with Crippen molar-refractivity contribution in [3.63, 3.8) is 0 Å². The zero-order valence-electron chi connectivity index (χ0n) is 73.0. The van der Waals surface area contributed by atoms with Gasteiger partial charge in [-0.15, -0.1) is 0 Å². The minimum absolute atomic E-state index is 0.00824. The molecule has 0 unspecified atom stereocenters. The number of aryl methyl sites for hydroxylation is 4. The number of nitrogens with one attached hydrogen (secondary N) is 8. The van der Waals surface area contributed by atoms with Crippen molar-refractivity contribution in [2.24, 2.45) is 0 Å². The van der Waals surface area contributed by atoms with Gasteiger partial charge in [-0.3, -0.25) is 39.9 Å². The fourth-order valence-corrected chi connectivity index (χ4v) is 14.5. The number of fused-ring (bicyclic) bond motifs is 8. The molecule has 0 atom stereocenters. The summed E-state index contributed by atoms with van der Waals surface area (Å²) >= 11 is 11.9. The van der Waals surface area contributed by atoms with E-state index in [-0.39, 0.29) is 45.9 Å². The van der Waals surface area contributed by atoms with Crippen LogP contribution in [0.5, 0.6) is 0 Å². The van der Waals surface area contributed by atoms with Crippen molar-refractivity contribution in [3.05, 3.63) is 382 Å². The van der Waals surface area contributed by atoms with E-state index in [1.165, 1.54) is 34.4 Å². The quantitative estimate of drug-likeness (QED) is 0.0449. The highest BCUT2D eigenvalue weighted by atomic mass is 35.5. The van der Waals surface area contributed by atoms with E-state index in [2.05, 4.69) is 172 Å². The first-order chi connectivity index (χ1) is 67.0. The Bertz CT molecular complexity index is 8060. The first-order valence-electron chi connectivity index (χ1n) is 42.2. The number of aromatic nitrogens is 24. The van der Waals surface area contributed by atoms with Gasteiger partial charge in [-0.25, -0.2) is 75.0 Å². The monoisotopic (exact) mass is 1890 g/mol. The van der Waals surface area contributed by atoms with E-state index in [1.807, 2.05) is 115 Å². The Morgan fingerprint density at radius 2 is 0.587 bits per heavy atom. The van der Waals surface area contributed by atoms with Crippen molar-refractivity contribution in [1.29, 1.82) is 0 Å². The molecule has 0 bridgehead atoms. The second-order valence-electron chi connectivity index (χ2n) is 30.6. The number of imidazole rings is 8. The summed E-state index contributed by atoms with van der Waals surface area (Å²) in [5.74, 6) is -2.95. The number of nitrogens with zero attached hydrogens (tertiary/aromatic N) is 16. The van der Waals surface area contributed by atoms with E-state index in [0.717, 1.165) is 120 Å². The third-order valence-electron chi connectivity index (χ3n) is 21.3. The minimum Gasteiger partial charge on any atom is -0.392 e. The molecule has 0 saturated carbocycles. The van der Waals surface area contributed by atoms with Crippen LogP contribution in [0, 0.1) is 74.2 Å². The summed E-state index contributed by atoms with van der Waals surface area (Å²) < 4.78 is 106. The third-order valence-corrected chi connectivity index (χ3v) is 21.9. The number of hydrogen-bond donors (Lipinski definition) is 10. The molecule has 36 heteroatoms. The first-order valence-corrected chi connectivity index (χ1v) is 43.0. The maximum atomic E-state index is 14.0. The molecule has 0 aliphatic rings. The summed E-state index contributed by atoms with van der Waals surface area (Å²) in [5.41, 5.74) is 20.9. The van der Waals surface area contributed by atoms with Gasteiger partial charge < -0.3 is 50.1 Å². The molecule has 16 aromatic heterocycles. The van der Waals surface area contributed by atoms with E-state index >= 15 is 0 Å². The fraction of sp³-hybridized carbons (Fsp3) is 0.0588. The lowest BCUT2D eigenvalue weighted by molar-refractivity contribution is 0.269. The Morgan fingerprint density at radius 1 is 0.254 bits per heavy atom. The summed E-state index contributed by atoms with van der Waals surface area (Å²) in [4.78, 5) is 92.4. The Hall–Kier alpha value is -17.3. The van der Waals surface area contributed by atoms with Crippen molar-refractivity contribution in [2.45, 2.75) is 40.9 Å². The minimum atomic E-state index is -1.53. The van der Waals surface area contributed by atoms with Gasteiger partial charge in [0.2, 0.25) is 0 Å². The molecular formula is C102H74Cl2F8N24O2. The van der Waals surface area contributed by atoms with Gasteiger partial charge in [-0.05, 0) is 219 Å². The molecule has 16 heterocycles. The molecule has 0 radical (unpaired) electrons. The number of rotatable bonds is 10. The molecular weight excluding hydrogens is 1820 g/mol. The van der Waals surface area contributed by atoms with Crippen LogP contribution in [0.2, 0.25) is 10.0 Å². The lowest BCUT2D eigenvalue weighted by atomic mass is 10.1. The van der Waals surface area contributed by atoms with Crippen molar-refractivity contribution in [3.8, 4) is 92.1 Å². The number of aliphatic hydroxyl groups excluding tert-OH is 2. The largest absolute Gasteiger partial charge is 0.392 e. The molecule has 8 aromatic carbocycles. The number of pyridine rings is 8. The Morgan fingerprint density at radius 3 is 1.01 bits per heavy atom.